The van der Waals surface area contributed by atoms with Crippen LogP contribution in [0.25, 0.3) is 0 Å². The highest BCUT2D eigenvalue weighted by Crippen LogP contribution is 2.46. The van der Waals surface area contributed by atoms with Crippen LogP contribution in [-0.4, -0.2) is 5.60 Å². The van der Waals surface area contributed by atoms with Gasteiger partial charge in [-0.15, -0.1) is 0 Å². The fraction of sp³-hybridized carbons (Fsp3) is 1.00. The molecule has 0 N–H and O–H groups in total. The van der Waals surface area contributed by atoms with Crippen LogP contribution in [0.4, 0.5) is 0 Å². The second-order valence-corrected chi connectivity index (χ2v) is 7.22. The lowest BCUT2D eigenvalue weighted by atomic mass is 9.64. The van der Waals surface area contributed by atoms with E-state index in [4.69, 9.17) is 0 Å². The predicted octanol–water partition coefficient (Wildman–Crippen LogP) is 5.36. The molecule has 0 heterocycles. The van der Waals surface area contributed by atoms with E-state index in [1.165, 1.54) is 64.2 Å². The third-order valence-corrected chi connectivity index (χ3v) is 5.32. The van der Waals surface area contributed by atoms with Crippen LogP contribution >= 0.6 is 0 Å². The van der Waals surface area contributed by atoms with Crippen LogP contribution in [0.2, 0.25) is 0 Å². The minimum absolute atomic E-state index is 0.483. The summed E-state index contributed by atoms with van der Waals surface area (Å²) in [4.78, 5) is 0. The summed E-state index contributed by atoms with van der Waals surface area (Å²) in [5.74, 6) is 1.53. The van der Waals surface area contributed by atoms with E-state index in [1.807, 2.05) is 0 Å². The molecular weight excluding hydrogens is 220 g/mol. The van der Waals surface area contributed by atoms with Gasteiger partial charge in [0, 0.05) is 0 Å². The van der Waals surface area contributed by atoms with Gasteiger partial charge < -0.3 is 0 Å². The Kier molecular flexibility index (Phi) is 5.12. The van der Waals surface area contributed by atoms with Gasteiger partial charge in [0.2, 0.25) is 0 Å². The molecule has 2 aliphatic rings. The van der Waals surface area contributed by atoms with Crippen molar-refractivity contribution in [3.8, 4) is 0 Å². The van der Waals surface area contributed by atoms with Crippen LogP contribution in [-0.2, 0) is 5.11 Å². The van der Waals surface area contributed by atoms with E-state index in [0.717, 1.165) is 6.42 Å². The van der Waals surface area contributed by atoms with Crippen molar-refractivity contribution in [1.29, 1.82) is 0 Å². The van der Waals surface area contributed by atoms with E-state index in [9.17, 15) is 5.11 Å². The van der Waals surface area contributed by atoms with Crippen LogP contribution in [0.3, 0.4) is 0 Å². The summed E-state index contributed by atoms with van der Waals surface area (Å²) in [6, 6.07) is 0. The molecule has 0 amide bonds. The molecule has 2 aliphatic carbocycles. The van der Waals surface area contributed by atoms with Gasteiger partial charge in [0.05, 0.1) is 0 Å². The van der Waals surface area contributed by atoms with Crippen molar-refractivity contribution < 1.29 is 5.11 Å². The van der Waals surface area contributed by atoms with E-state index in [1.54, 1.807) is 0 Å². The van der Waals surface area contributed by atoms with Crippen molar-refractivity contribution in [3.05, 3.63) is 0 Å². The van der Waals surface area contributed by atoms with E-state index in [0.29, 0.717) is 17.8 Å². The first kappa shape index (κ1) is 14.4. The maximum absolute atomic E-state index is 13.6. The van der Waals surface area contributed by atoms with Gasteiger partial charge in [0.25, 0.3) is 0 Å². The van der Waals surface area contributed by atoms with Crippen molar-refractivity contribution in [2.45, 2.75) is 90.1 Å². The molecule has 0 unspecified atom stereocenters. The highest BCUT2D eigenvalue weighted by atomic mass is 16.3. The standard InChI is InChI=1S/C17H31O/c1-14(2)13-17(18,15-9-5-3-6-10-15)16-11-7-4-8-12-16/h14-16H,3-13H2,1-2H3. The zero-order valence-corrected chi connectivity index (χ0v) is 12.4. The Morgan fingerprint density at radius 3 is 1.56 bits per heavy atom. The summed E-state index contributed by atoms with van der Waals surface area (Å²) in [5.41, 5.74) is -0.588. The quantitative estimate of drug-likeness (QED) is 0.641. The summed E-state index contributed by atoms with van der Waals surface area (Å²) < 4.78 is 0. The van der Waals surface area contributed by atoms with Gasteiger partial charge >= 0.3 is 0 Å². The Balaban J connectivity index is 2.09. The fourth-order valence-electron chi connectivity index (χ4n) is 4.49. The molecule has 0 spiro atoms. The molecule has 1 nitrogen and oxygen atoms in total. The zero-order valence-electron chi connectivity index (χ0n) is 12.4. The van der Waals surface area contributed by atoms with E-state index in [2.05, 4.69) is 13.8 Å². The fourth-order valence-corrected chi connectivity index (χ4v) is 4.49. The Morgan fingerprint density at radius 1 is 0.833 bits per heavy atom. The van der Waals surface area contributed by atoms with Gasteiger partial charge in [-0.2, -0.15) is 0 Å². The molecule has 1 radical (unpaired) electrons. The van der Waals surface area contributed by atoms with Crippen LogP contribution in [0.15, 0.2) is 0 Å². The Labute approximate surface area is 113 Å². The first-order chi connectivity index (χ1) is 8.63. The highest BCUT2D eigenvalue weighted by Gasteiger charge is 2.45. The zero-order chi connectivity index (χ0) is 13.0. The molecule has 2 saturated carbocycles. The van der Waals surface area contributed by atoms with Crippen LogP contribution in [0.5, 0.6) is 0 Å². The molecule has 0 aromatic carbocycles. The summed E-state index contributed by atoms with van der Waals surface area (Å²) >= 11 is 0. The monoisotopic (exact) mass is 251 g/mol. The lowest BCUT2D eigenvalue weighted by Gasteiger charge is -2.44. The molecule has 0 bridgehead atoms. The maximum atomic E-state index is 13.6. The predicted molar refractivity (Wildman–Crippen MR) is 76.0 cm³/mol. The van der Waals surface area contributed by atoms with Crippen LogP contribution in [0, 0.1) is 17.8 Å². The summed E-state index contributed by atoms with van der Waals surface area (Å²) in [5, 5.41) is 13.6. The highest BCUT2D eigenvalue weighted by molar-refractivity contribution is 4.95. The number of hydrogen-bond acceptors (Lipinski definition) is 0. The minimum atomic E-state index is -0.588. The largest absolute Gasteiger partial charge is 0.229 e. The molecule has 0 saturated heterocycles. The molecular formula is C17H31O. The van der Waals surface area contributed by atoms with E-state index >= 15 is 0 Å². The Bertz CT molecular complexity index is 216. The molecule has 1 heteroatoms. The van der Waals surface area contributed by atoms with E-state index < -0.39 is 5.60 Å². The molecule has 2 rings (SSSR count). The van der Waals surface area contributed by atoms with Crippen molar-refractivity contribution in [2.75, 3.05) is 0 Å². The molecule has 0 aromatic heterocycles. The third-order valence-electron chi connectivity index (χ3n) is 5.32. The first-order valence-electron chi connectivity index (χ1n) is 8.33. The van der Waals surface area contributed by atoms with Gasteiger partial charge in [-0.25, -0.2) is 5.11 Å². The van der Waals surface area contributed by atoms with Gasteiger partial charge in [0.1, 0.15) is 5.60 Å². The summed E-state index contributed by atoms with van der Waals surface area (Å²) in [7, 11) is 0. The van der Waals surface area contributed by atoms with Crippen molar-refractivity contribution >= 4 is 0 Å². The lowest BCUT2D eigenvalue weighted by molar-refractivity contribution is -0.150. The van der Waals surface area contributed by atoms with Gasteiger partial charge in [0.15, 0.2) is 0 Å². The molecule has 0 atom stereocenters. The second kappa shape index (κ2) is 6.41. The molecule has 105 valence electrons. The van der Waals surface area contributed by atoms with Crippen molar-refractivity contribution in [2.24, 2.45) is 17.8 Å². The average Bonchev–Trinajstić information content (AvgIpc) is 2.40. The number of rotatable bonds is 4. The summed E-state index contributed by atoms with van der Waals surface area (Å²) in [6.07, 6.45) is 13.7. The molecule has 2 fully saturated rings. The lowest BCUT2D eigenvalue weighted by Crippen LogP contribution is -2.46. The average molecular weight is 251 g/mol. The summed E-state index contributed by atoms with van der Waals surface area (Å²) in [6.45, 7) is 4.47. The topological polar surface area (TPSA) is 19.9 Å². The first-order valence-corrected chi connectivity index (χ1v) is 8.33. The van der Waals surface area contributed by atoms with Crippen molar-refractivity contribution in [3.63, 3.8) is 0 Å². The molecule has 0 aromatic rings. The van der Waals surface area contributed by atoms with Gasteiger partial charge in [-0.3, -0.25) is 0 Å². The molecule has 18 heavy (non-hydrogen) atoms. The smallest absolute Gasteiger partial charge is 0.109 e. The Hall–Kier alpha value is -0.0400. The van der Waals surface area contributed by atoms with Crippen molar-refractivity contribution in [1.82, 2.24) is 0 Å². The minimum Gasteiger partial charge on any atom is -0.229 e. The second-order valence-electron chi connectivity index (χ2n) is 7.22. The number of hydrogen-bond donors (Lipinski definition) is 0. The van der Waals surface area contributed by atoms with E-state index in [-0.39, 0.29) is 0 Å². The molecule has 0 aliphatic heterocycles. The Morgan fingerprint density at radius 2 is 1.22 bits per heavy atom. The third kappa shape index (κ3) is 3.29. The van der Waals surface area contributed by atoms with Gasteiger partial charge in [-0.05, 0) is 49.9 Å². The van der Waals surface area contributed by atoms with Gasteiger partial charge in [-0.1, -0.05) is 52.4 Å². The SMILES string of the molecule is CC(C)CC([O])(C1CCCCC1)C1CCCCC1. The van der Waals surface area contributed by atoms with Crippen LogP contribution < -0.4 is 0 Å². The van der Waals surface area contributed by atoms with Crippen LogP contribution in [0.1, 0.15) is 84.5 Å². The normalized spacial score (nSPS) is 24.7. The maximum Gasteiger partial charge on any atom is 0.109 e.